The quantitative estimate of drug-likeness (QED) is 0.469. The van der Waals surface area contributed by atoms with Crippen LogP contribution in [0.1, 0.15) is 11.1 Å². The highest BCUT2D eigenvalue weighted by Crippen LogP contribution is 2.37. The molecule has 3 nitrogen and oxygen atoms in total. The van der Waals surface area contributed by atoms with Crippen molar-refractivity contribution in [2.24, 2.45) is 4.99 Å². The average Bonchev–Trinajstić information content (AvgIpc) is 2.67. The molecule has 0 atom stereocenters. The Balaban J connectivity index is 1.81. The van der Waals surface area contributed by atoms with E-state index in [4.69, 9.17) is 9.47 Å². The summed E-state index contributed by atoms with van der Waals surface area (Å²) in [6.07, 6.45) is 1.75. The molecule has 3 aromatic carbocycles. The summed E-state index contributed by atoms with van der Waals surface area (Å²) in [6, 6.07) is 19.9. The molecular formula is C21H17BrFNO2. The second-order valence-corrected chi connectivity index (χ2v) is 6.36. The molecule has 0 aliphatic carbocycles. The molecule has 0 amide bonds. The van der Waals surface area contributed by atoms with Gasteiger partial charge in [-0.1, -0.05) is 36.4 Å². The lowest BCUT2D eigenvalue weighted by molar-refractivity contribution is 0.278. The van der Waals surface area contributed by atoms with Crippen LogP contribution in [-0.4, -0.2) is 13.3 Å². The minimum atomic E-state index is -0.297. The van der Waals surface area contributed by atoms with Gasteiger partial charge in [0, 0.05) is 11.8 Å². The van der Waals surface area contributed by atoms with E-state index in [2.05, 4.69) is 20.9 Å². The first-order valence-corrected chi connectivity index (χ1v) is 8.79. The van der Waals surface area contributed by atoms with Gasteiger partial charge < -0.3 is 9.47 Å². The molecule has 0 aromatic heterocycles. The van der Waals surface area contributed by atoms with Gasteiger partial charge in [0.1, 0.15) is 12.4 Å². The molecule has 0 radical (unpaired) electrons. The van der Waals surface area contributed by atoms with Crippen molar-refractivity contribution in [3.8, 4) is 11.5 Å². The van der Waals surface area contributed by atoms with Crippen LogP contribution < -0.4 is 9.47 Å². The van der Waals surface area contributed by atoms with Crippen LogP contribution in [0.25, 0.3) is 0 Å². The van der Waals surface area contributed by atoms with Crippen LogP contribution in [0.4, 0.5) is 10.1 Å². The minimum Gasteiger partial charge on any atom is -0.493 e. The number of benzene rings is 3. The highest BCUT2D eigenvalue weighted by atomic mass is 79.9. The maximum atomic E-state index is 13.8. The van der Waals surface area contributed by atoms with E-state index in [1.54, 1.807) is 31.5 Å². The summed E-state index contributed by atoms with van der Waals surface area (Å²) in [4.78, 5) is 4.44. The van der Waals surface area contributed by atoms with Crippen LogP contribution >= 0.6 is 15.9 Å². The monoisotopic (exact) mass is 413 g/mol. The van der Waals surface area contributed by atoms with Crippen molar-refractivity contribution in [1.82, 2.24) is 0 Å². The van der Waals surface area contributed by atoms with Gasteiger partial charge in [-0.25, -0.2) is 4.39 Å². The van der Waals surface area contributed by atoms with Gasteiger partial charge in [-0.05, 0) is 51.8 Å². The standard InChI is InChI=1S/C21H17BrFNO2/c1-25-20-12-15(13-24-17-8-3-2-4-9-17)11-18(22)21(20)26-14-16-7-5-6-10-19(16)23/h2-13H,14H2,1H3. The Hall–Kier alpha value is -2.66. The Labute approximate surface area is 160 Å². The lowest BCUT2D eigenvalue weighted by Gasteiger charge is -2.14. The van der Waals surface area contributed by atoms with Crippen LogP contribution in [0.2, 0.25) is 0 Å². The molecule has 0 aliphatic heterocycles. The molecule has 0 bridgehead atoms. The molecule has 0 unspecified atom stereocenters. The molecule has 26 heavy (non-hydrogen) atoms. The lowest BCUT2D eigenvalue weighted by Crippen LogP contribution is -2.01. The molecule has 5 heteroatoms. The van der Waals surface area contributed by atoms with E-state index in [1.165, 1.54) is 6.07 Å². The number of aliphatic imine (C=N–C) groups is 1. The molecule has 0 heterocycles. The second kappa shape index (κ2) is 8.63. The van der Waals surface area contributed by atoms with Gasteiger partial charge in [-0.3, -0.25) is 4.99 Å². The molecule has 0 N–H and O–H groups in total. The van der Waals surface area contributed by atoms with Crippen molar-refractivity contribution in [2.45, 2.75) is 6.61 Å². The molecule has 0 spiro atoms. The van der Waals surface area contributed by atoms with Gasteiger partial charge in [0.2, 0.25) is 0 Å². The number of halogens is 2. The Morgan fingerprint density at radius 2 is 1.77 bits per heavy atom. The zero-order chi connectivity index (χ0) is 18.4. The minimum absolute atomic E-state index is 0.110. The summed E-state index contributed by atoms with van der Waals surface area (Å²) in [6.45, 7) is 0.110. The maximum absolute atomic E-state index is 13.8. The van der Waals surface area contributed by atoms with Gasteiger partial charge >= 0.3 is 0 Å². The predicted octanol–water partition coefficient (Wildman–Crippen LogP) is 5.93. The van der Waals surface area contributed by atoms with E-state index in [1.807, 2.05) is 42.5 Å². The van der Waals surface area contributed by atoms with Crippen molar-refractivity contribution in [3.63, 3.8) is 0 Å². The van der Waals surface area contributed by atoms with E-state index >= 15 is 0 Å². The third kappa shape index (κ3) is 4.49. The first-order valence-electron chi connectivity index (χ1n) is 8.00. The third-order valence-electron chi connectivity index (χ3n) is 3.70. The lowest BCUT2D eigenvalue weighted by atomic mass is 10.2. The second-order valence-electron chi connectivity index (χ2n) is 5.51. The SMILES string of the molecule is COc1cc(C=Nc2ccccc2)cc(Br)c1OCc1ccccc1F. The fourth-order valence-corrected chi connectivity index (χ4v) is 2.96. The van der Waals surface area contributed by atoms with E-state index in [0.717, 1.165) is 11.3 Å². The van der Waals surface area contributed by atoms with Crippen molar-refractivity contribution in [1.29, 1.82) is 0 Å². The fourth-order valence-electron chi connectivity index (χ4n) is 2.38. The summed E-state index contributed by atoms with van der Waals surface area (Å²) in [7, 11) is 1.57. The molecule has 3 rings (SSSR count). The van der Waals surface area contributed by atoms with Crippen molar-refractivity contribution < 1.29 is 13.9 Å². The topological polar surface area (TPSA) is 30.8 Å². The molecule has 0 saturated heterocycles. The Bertz CT molecular complexity index is 913. The molecule has 132 valence electrons. The van der Waals surface area contributed by atoms with E-state index in [-0.39, 0.29) is 12.4 Å². The van der Waals surface area contributed by atoms with Gasteiger partial charge in [-0.2, -0.15) is 0 Å². The number of hydrogen-bond acceptors (Lipinski definition) is 3. The number of para-hydroxylation sites is 1. The van der Waals surface area contributed by atoms with Gasteiger partial charge in [0.05, 0.1) is 17.3 Å². The molecule has 0 saturated carbocycles. The van der Waals surface area contributed by atoms with Gasteiger partial charge in [-0.15, -0.1) is 0 Å². The number of hydrogen-bond donors (Lipinski definition) is 0. The van der Waals surface area contributed by atoms with Gasteiger partial charge in [0.25, 0.3) is 0 Å². The zero-order valence-electron chi connectivity index (χ0n) is 14.2. The number of methoxy groups -OCH3 is 1. The highest BCUT2D eigenvalue weighted by molar-refractivity contribution is 9.10. The Morgan fingerprint density at radius 1 is 1.04 bits per heavy atom. The number of ether oxygens (including phenoxy) is 2. The van der Waals surface area contributed by atoms with E-state index < -0.39 is 0 Å². The van der Waals surface area contributed by atoms with Crippen LogP contribution in [0, 0.1) is 5.82 Å². The van der Waals surface area contributed by atoms with Gasteiger partial charge in [0.15, 0.2) is 11.5 Å². The Morgan fingerprint density at radius 3 is 2.50 bits per heavy atom. The first-order chi connectivity index (χ1) is 12.7. The van der Waals surface area contributed by atoms with Crippen molar-refractivity contribution in [3.05, 3.63) is 88.1 Å². The maximum Gasteiger partial charge on any atom is 0.175 e. The molecule has 0 aliphatic rings. The molecular weight excluding hydrogens is 397 g/mol. The average molecular weight is 414 g/mol. The van der Waals surface area contributed by atoms with Crippen LogP contribution in [0.3, 0.4) is 0 Å². The van der Waals surface area contributed by atoms with E-state index in [0.29, 0.717) is 21.5 Å². The summed E-state index contributed by atoms with van der Waals surface area (Å²) < 4.78 is 25.7. The normalized spacial score (nSPS) is 10.9. The smallest absolute Gasteiger partial charge is 0.175 e. The largest absolute Gasteiger partial charge is 0.493 e. The van der Waals surface area contributed by atoms with Crippen LogP contribution in [0.5, 0.6) is 11.5 Å². The van der Waals surface area contributed by atoms with Crippen LogP contribution in [0.15, 0.2) is 76.2 Å². The molecule has 0 fully saturated rings. The summed E-state index contributed by atoms with van der Waals surface area (Å²) in [5, 5.41) is 0. The zero-order valence-corrected chi connectivity index (χ0v) is 15.7. The summed E-state index contributed by atoms with van der Waals surface area (Å²) >= 11 is 3.50. The highest BCUT2D eigenvalue weighted by Gasteiger charge is 2.12. The summed E-state index contributed by atoms with van der Waals surface area (Å²) in [5.74, 6) is 0.770. The molecule has 3 aromatic rings. The van der Waals surface area contributed by atoms with Crippen molar-refractivity contribution in [2.75, 3.05) is 7.11 Å². The van der Waals surface area contributed by atoms with Crippen molar-refractivity contribution >= 4 is 27.8 Å². The summed E-state index contributed by atoms with van der Waals surface area (Å²) in [5.41, 5.74) is 2.20. The van der Waals surface area contributed by atoms with E-state index in [9.17, 15) is 4.39 Å². The number of nitrogens with zero attached hydrogens (tertiary/aromatic N) is 1. The van der Waals surface area contributed by atoms with Crippen LogP contribution in [-0.2, 0) is 6.61 Å². The third-order valence-corrected chi connectivity index (χ3v) is 4.29. The Kier molecular flexibility index (Phi) is 6.02. The first kappa shape index (κ1) is 18.1. The fraction of sp³-hybridized carbons (Fsp3) is 0.0952. The number of rotatable bonds is 6. The predicted molar refractivity (Wildman–Crippen MR) is 105 cm³/mol.